The molecule has 0 radical (unpaired) electrons. The predicted molar refractivity (Wildman–Crippen MR) is 129 cm³/mol. The Morgan fingerprint density at radius 3 is 2.68 bits per heavy atom. The van der Waals surface area contributed by atoms with Crippen molar-refractivity contribution < 1.29 is 19.1 Å². The number of rotatable bonds is 7. The fraction of sp³-hybridized carbons (Fsp3) is 0.346. The van der Waals surface area contributed by atoms with Crippen LogP contribution in [0.5, 0.6) is 11.5 Å². The molecule has 3 aromatic rings. The van der Waals surface area contributed by atoms with Crippen LogP contribution in [0.1, 0.15) is 59.1 Å². The van der Waals surface area contributed by atoms with Crippen molar-refractivity contribution in [2.45, 2.75) is 50.7 Å². The molecule has 34 heavy (non-hydrogen) atoms. The van der Waals surface area contributed by atoms with Crippen LogP contribution in [0.3, 0.4) is 0 Å². The maximum Gasteiger partial charge on any atom is 0.273 e. The first-order chi connectivity index (χ1) is 16.7. The number of carbonyl (C=O) groups excluding carboxylic acids is 2. The van der Waals surface area contributed by atoms with Crippen LogP contribution in [0.4, 0.5) is 0 Å². The minimum atomic E-state index is -0.762. The van der Waals surface area contributed by atoms with E-state index in [2.05, 4.69) is 10.3 Å². The molecule has 1 aliphatic carbocycles. The molecule has 7 nitrogen and oxygen atoms in total. The summed E-state index contributed by atoms with van der Waals surface area (Å²) in [6, 6.07) is 14.0. The molecule has 2 aromatic heterocycles. The summed E-state index contributed by atoms with van der Waals surface area (Å²) in [6.45, 7) is 0.406. The fourth-order valence-corrected chi connectivity index (χ4v) is 5.39. The first-order valence-electron chi connectivity index (χ1n) is 11.6. The molecule has 1 atom stereocenters. The topological polar surface area (TPSA) is 80.8 Å². The first kappa shape index (κ1) is 22.4. The minimum absolute atomic E-state index is 0.140. The van der Waals surface area contributed by atoms with Crippen LogP contribution in [-0.2, 0) is 11.3 Å². The van der Waals surface area contributed by atoms with Crippen molar-refractivity contribution in [2.75, 3.05) is 6.79 Å². The molecule has 2 aliphatic rings. The molecular weight excluding hydrogens is 450 g/mol. The van der Waals surface area contributed by atoms with Crippen molar-refractivity contribution >= 4 is 23.2 Å². The van der Waals surface area contributed by atoms with Crippen molar-refractivity contribution in [3.05, 3.63) is 76.2 Å². The average Bonchev–Trinajstić information content (AvgIpc) is 3.56. The van der Waals surface area contributed by atoms with Crippen LogP contribution < -0.4 is 14.8 Å². The number of hydrogen-bond donors (Lipinski definition) is 1. The SMILES string of the molecule is O=C(NC1CCCCC1)[C@@H](c1cccs1)N(Cc1ccc2c(c1)OCO2)C(=O)c1ccccn1. The third kappa shape index (κ3) is 4.92. The van der Waals surface area contributed by atoms with E-state index in [-0.39, 0.29) is 31.2 Å². The molecule has 176 valence electrons. The van der Waals surface area contributed by atoms with E-state index in [0.29, 0.717) is 17.2 Å². The van der Waals surface area contributed by atoms with Crippen LogP contribution >= 0.6 is 11.3 Å². The van der Waals surface area contributed by atoms with Gasteiger partial charge in [-0.3, -0.25) is 14.6 Å². The maximum atomic E-state index is 13.7. The summed E-state index contributed by atoms with van der Waals surface area (Å²) in [5, 5.41) is 5.16. The van der Waals surface area contributed by atoms with Crippen molar-refractivity contribution in [1.29, 1.82) is 0 Å². The molecule has 8 heteroatoms. The van der Waals surface area contributed by atoms with Gasteiger partial charge in [-0.2, -0.15) is 0 Å². The van der Waals surface area contributed by atoms with E-state index in [1.165, 1.54) is 17.8 Å². The zero-order valence-corrected chi connectivity index (χ0v) is 19.6. The molecule has 3 heterocycles. The Morgan fingerprint density at radius 2 is 1.91 bits per heavy atom. The average molecular weight is 478 g/mol. The second kappa shape index (κ2) is 10.3. The second-order valence-corrected chi connectivity index (χ2v) is 9.58. The van der Waals surface area contributed by atoms with Gasteiger partial charge in [0.25, 0.3) is 5.91 Å². The van der Waals surface area contributed by atoms with Crippen molar-refractivity contribution in [2.24, 2.45) is 0 Å². The zero-order valence-electron chi connectivity index (χ0n) is 18.8. The van der Waals surface area contributed by atoms with Crippen molar-refractivity contribution in [1.82, 2.24) is 15.2 Å². The number of amides is 2. The molecule has 1 aliphatic heterocycles. The van der Waals surface area contributed by atoms with Gasteiger partial charge in [0.1, 0.15) is 11.7 Å². The monoisotopic (exact) mass is 477 g/mol. The number of nitrogens with one attached hydrogen (secondary N) is 1. The van der Waals surface area contributed by atoms with Gasteiger partial charge in [-0.25, -0.2) is 0 Å². The number of hydrogen-bond acceptors (Lipinski definition) is 6. The molecule has 5 rings (SSSR count). The molecule has 1 saturated carbocycles. The normalized spacial score (nSPS) is 16.1. The molecule has 0 spiro atoms. The molecule has 0 bridgehead atoms. The van der Waals surface area contributed by atoms with E-state index in [4.69, 9.17) is 9.47 Å². The van der Waals surface area contributed by atoms with Gasteiger partial charge in [0, 0.05) is 23.7 Å². The van der Waals surface area contributed by atoms with Crippen LogP contribution in [-0.4, -0.2) is 34.5 Å². The summed E-state index contributed by atoms with van der Waals surface area (Å²) in [7, 11) is 0. The third-order valence-electron chi connectivity index (χ3n) is 6.26. The number of aromatic nitrogens is 1. The van der Waals surface area contributed by atoms with E-state index in [9.17, 15) is 9.59 Å². The van der Waals surface area contributed by atoms with Gasteiger partial charge in [-0.1, -0.05) is 37.5 Å². The molecule has 1 fully saturated rings. The Balaban J connectivity index is 1.49. The maximum absolute atomic E-state index is 13.7. The lowest BCUT2D eigenvalue weighted by atomic mass is 9.95. The minimum Gasteiger partial charge on any atom is -0.454 e. The summed E-state index contributed by atoms with van der Waals surface area (Å²) in [4.78, 5) is 34.2. The Hall–Kier alpha value is -3.39. The van der Waals surface area contributed by atoms with Gasteiger partial charge >= 0.3 is 0 Å². The highest BCUT2D eigenvalue weighted by Gasteiger charge is 2.35. The zero-order chi connectivity index (χ0) is 23.3. The van der Waals surface area contributed by atoms with E-state index in [1.54, 1.807) is 29.3 Å². The van der Waals surface area contributed by atoms with Crippen LogP contribution in [0, 0.1) is 0 Å². The van der Waals surface area contributed by atoms with Crippen LogP contribution in [0.2, 0.25) is 0 Å². The predicted octanol–water partition coefficient (Wildman–Crippen LogP) is 4.70. The highest BCUT2D eigenvalue weighted by molar-refractivity contribution is 7.10. The van der Waals surface area contributed by atoms with Crippen LogP contribution in [0.25, 0.3) is 0 Å². The third-order valence-corrected chi connectivity index (χ3v) is 7.18. The largest absolute Gasteiger partial charge is 0.454 e. The standard InChI is InChI=1S/C26H27N3O4S/c30-25(28-19-7-2-1-3-8-19)24(23-10-6-14-34-23)29(26(31)20-9-4-5-13-27-20)16-18-11-12-21-22(15-18)33-17-32-21/h4-6,9-15,19,24H,1-3,7-8,16-17H2,(H,28,30)/t24-/m1/s1. The van der Waals surface area contributed by atoms with E-state index >= 15 is 0 Å². The summed E-state index contributed by atoms with van der Waals surface area (Å²) in [5.41, 5.74) is 1.15. The van der Waals surface area contributed by atoms with Crippen LogP contribution in [0.15, 0.2) is 60.1 Å². The number of pyridine rings is 1. The molecule has 0 saturated heterocycles. The second-order valence-electron chi connectivity index (χ2n) is 8.60. The lowest BCUT2D eigenvalue weighted by Gasteiger charge is -2.32. The Kier molecular flexibility index (Phi) is 6.76. The number of ether oxygens (including phenoxy) is 2. The molecule has 0 unspecified atom stereocenters. The molecule has 1 aromatic carbocycles. The smallest absolute Gasteiger partial charge is 0.273 e. The molecule has 1 N–H and O–H groups in total. The van der Waals surface area contributed by atoms with Gasteiger partial charge in [-0.15, -0.1) is 11.3 Å². The number of fused-ring (bicyclic) bond motifs is 1. The number of nitrogens with zero attached hydrogens (tertiary/aromatic N) is 2. The van der Waals surface area contributed by atoms with E-state index in [1.807, 2.05) is 35.7 Å². The quantitative estimate of drug-likeness (QED) is 0.533. The van der Waals surface area contributed by atoms with Gasteiger partial charge in [0.2, 0.25) is 12.7 Å². The van der Waals surface area contributed by atoms with Gasteiger partial charge in [0.05, 0.1) is 0 Å². The Morgan fingerprint density at radius 1 is 1.06 bits per heavy atom. The number of carbonyl (C=O) groups is 2. The van der Waals surface area contributed by atoms with E-state index < -0.39 is 6.04 Å². The summed E-state index contributed by atoms with van der Waals surface area (Å²) in [5.74, 6) is 0.869. The number of thiophene rings is 1. The van der Waals surface area contributed by atoms with Gasteiger partial charge < -0.3 is 19.7 Å². The van der Waals surface area contributed by atoms with E-state index in [0.717, 1.165) is 36.1 Å². The highest BCUT2D eigenvalue weighted by Crippen LogP contribution is 2.35. The van der Waals surface area contributed by atoms with Crippen molar-refractivity contribution in [3.8, 4) is 11.5 Å². The summed E-state index contributed by atoms with van der Waals surface area (Å²) in [6.07, 6.45) is 6.96. The van der Waals surface area contributed by atoms with Gasteiger partial charge in [-0.05, 0) is 54.1 Å². The highest BCUT2D eigenvalue weighted by atomic mass is 32.1. The lowest BCUT2D eigenvalue weighted by Crippen LogP contribution is -2.46. The lowest BCUT2D eigenvalue weighted by molar-refractivity contribution is -0.127. The number of benzene rings is 1. The first-order valence-corrected chi connectivity index (χ1v) is 12.5. The Bertz CT molecular complexity index is 1130. The summed E-state index contributed by atoms with van der Waals surface area (Å²) >= 11 is 1.47. The van der Waals surface area contributed by atoms with Crippen molar-refractivity contribution in [3.63, 3.8) is 0 Å². The summed E-state index contributed by atoms with van der Waals surface area (Å²) < 4.78 is 11.0. The molecular formula is C26H27N3O4S. The van der Waals surface area contributed by atoms with Gasteiger partial charge in [0.15, 0.2) is 11.5 Å². The fourth-order valence-electron chi connectivity index (χ4n) is 4.55. The molecule has 2 amide bonds. The Labute approximate surface area is 202 Å².